The number of likely N-dealkylation sites (tertiary alicyclic amines) is 1. The number of amides is 2. The molecule has 0 spiro atoms. The molecule has 1 saturated heterocycles. The molecule has 7 nitrogen and oxygen atoms in total. The molecule has 3 aromatic rings. The third-order valence-electron chi connectivity index (χ3n) is 6.12. The topological polar surface area (TPSA) is 86.9 Å². The van der Waals surface area contributed by atoms with Crippen molar-refractivity contribution in [1.82, 2.24) is 14.9 Å². The van der Waals surface area contributed by atoms with Crippen molar-refractivity contribution >= 4 is 23.4 Å². The Bertz CT molecular complexity index is 1070. The second-order valence-electron chi connectivity index (χ2n) is 8.36. The maximum absolute atomic E-state index is 13.3. The minimum Gasteiger partial charge on any atom is -0.438 e. The van der Waals surface area contributed by atoms with Crippen LogP contribution in [-0.4, -0.2) is 45.6 Å². The van der Waals surface area contributed by atoms with Crippen LogP contribution in [0.3, 0.4) is 0 Å². The molecule has 1 aromatic heterocycles. The smallest absolute Gasteiger partial charge is 0.233 e. The first-order valence-electron chi connectivity index (χ1n) is 11.3. The van der Waals surface area contributed by atoms with Crippen LogP contribution in [0.5, 0.6) is 0 Å². The van der Waals surface area contributed by atoms with Gasteiger partial charge in [-0.1, -0.05) is 56.2 Å². The van der Waals surface area contributed by atoms with Crippen molar-refractivity contribution in [3.05, 3.63) is 54.4 Å². The van der Waals surface area contributed by atoms with Gasteiger partial charge in [0.2, 0.25) is 18.2 Å². The minimum atomic E-state index is -0.445. The third-order valence-corrected chi connectivity index (χ3v) is 6.12. The highest BCUT2D eigenvalue weighted by atomic mass is 16.5. The van der Waals surface area contributed by atoms with Crippen LogP contribution in [0.2, 0.25) is 0 Å². The van der Waals surface area contributed by atoms with E-state index in [9.17, 15) is 14.8 Å². The summed E-state index contributed by atoms with van der Waals surface area (Å²) in [6.45, 7) is 2.67. The van der Waals surface area contributed by atoms with E-state index in [4.69, 9.17) is 9.40 Å². The lowest BCUT2D eigenvalue weighted by atomic mass is 9.99. The molecule has 1 N–H and O–H groups in total. The van der Waals surface area contributed by atoms with E-state index in [0.717, 1.165) is 42.3 Å². The highest BCUT2D eigenvalue weighted by molar-refractivity contribution is 5.82. The van der Waals surface area contributed by atoms with E-state index in [1.54, 1.807) is 0 Å². The molecule has 0 aliphatic carbocycles. The maximum Gasteiger partial charge on any atom is 0.233 e. The van der Waals surface area contributed by atoms with Gasteiger partial charge in [0.1, 0.15) is 11.6 Å². The summed E-state index contributed by atoms with van der Waals surface area (Å²) in [5.41, 5.74) is 3.64. The Balaban J connectivity index is 1.57. The van der Waals surface area contributed by atoms with Crippen LogP contribution < -0.4 is 0 Å². The lowest BCUT2D eigenvalue weighted by molar-refractivity contribution is -0.157. The number of benzene rings is 2. The molecule has 2 aromatic carbocycles. The Morgan fingerprint density at radius 3 is 2.84 bits per heavy atom. The van der Waals surface area contributed by atoms with Crippen molar-refractivity contribution in [3.63, 3.8) is 0 Å². The highest BCUT2D eigenvalue weighted by Gasteiger charge is 2.37. The van der Waals surface area contributed by atoms with Crippen molar-refractivity contribution in [3.8, 4) is 11.1 Å². The molecular formula is C25H29N3O4. The molecule has 4 rings (SSSR count). The van der Waals surface area contributed by atoms with Gasteiger partial charge in [-0.05, 0) is 42.5 Å². The maximum atomic E-state index is 13.3. The Morgan fingerprint density at radius 2 is 2.09 bits per heavy atom. The summed E-state index contributed by atoms with van der Waals surface area (Å²) >= 11 is 0. The predicted molar refractivity (Wildman–Crippen MR) is 121 cm³/mol. The number of hydrogen-bond acceptors (Lipinski definition) is 5. The van der Waals surface area contributed by atoms with Gasteiger partial charge < -0.3 is 9.32 Å². The summed E-state index contributed by atoms with van der Waals surface area (Å²) in [6.07, 6.45) is 4.40. The molecule has 2 amide bonds. The van der Waals surface area contributed by atoms with Gasteiger partial charge in [-0.2, -0.15) is 0 Å². The van der Waals surface area contributed by atoms with Gasteiger partial charge in [0, 0.05) is 6.54 Å². The lowest BCUT2D eigenvalue weighted by Crippen LogP contribution is -2.40. The second kappa shape index (κ2) is 9.96. The second-order valence-corrected chi connectivity index (χ2v) is 8.36. The molecule has 2 heterocycles. The number of nitrogens with zero attached hydrogens (tertiary/aromatic N) is 3. The Labute approximate surface area is 187 Å². The highest BCUT2D eigenvalue weighted by Crippen LogP contribution is 2.35. The monoisotopic (exact) mass is 435 g/mol. The fourth-order valence-electron chi connectivity index (χ4n) is 4.43. The molecule has 0 radical (unpaired) electrons. The van der Waals surface area contributed by atoms with Gasteiger partial charge in [-0.25, -0.2) is 10.0 Å². The zero-order chi connectivity index (χ0) is 22.5. The number of carbonyl (C=O) groups excluding carboxylic acids is 2. The van der Waals surface area contributed by atoms with Gasteiger partial charge in [0.15, 0.2) is 5.58 Å². The molecule has 0 unspecified atom stereocenters. The predicted octanol–water partition coefficient (Wildman–Crippen LogP) is 4.81. The van der Waals surface area contributed by atoms with Gasteiger partial charge >= 0.3 is 0 Å². The van der Waals surface area contributed by atoms with Crippen LogP contribution in [0.1, 0.15) is 51.0 Å². The van der Waals surface area contributed by atoms with Crippen LogP contribution in [0.25, 0.3) is 22.2 Å². The van der Waals surface area contributed by atoms with Crippen molar-refractivity contribution in [2.45, 2.75) is 45.1 Å². The summed E-state index contributed by atoms with van der Waals surface area (Å²) in [5, 5.41) is 10.2. The van der Waals surface area contributed by atoms with E-state index in [2.05, 4.69) is 19.1 Å². The van der Waals surface area contributed by atoms with Crippen LogP contribution in [0.15, 0.2) is 52.9 Å². The van der Waals surface area contributed by atoms with Crippen molar-refractivity contribution in [1.29, 1.82) is 0 Å². The third kappa shape index (κ3) is 4.67. The quantitative estimate of drug-likeness (QED) is 0.296. The zero-order valence-corrected chi connectivity index (χ0v) is 18.3. The summed E-state index contributed by atoms with van der Waals surface area (Å²) < 4.78 is 6.07. The number of unbranched alkanes of at least 4 members (excludes halogenated alkanes) is 1. The average molecular weight is 436 g/mol. The largest absolute Gasteiger partial charge is 0.438 e. The van der Waals surface area contributed by atoms with Crippen LogP contribution in [0.4, 0.5) is 0 Å². The molecule has 168 valence electrons. The van der Waals surface area contributed by atoms with Crippen molar-refractivity contribution < 1.29 is 19.2 Å². The number of aromatic nitrogens is 1. The first-order valence-corrected chi connectivity index (χ1v) is 11.3. The summed E-state index contributed by atoms with van der Waals surface area (Å²) in [6, 6.07) is 15.8. The van der Waals surface area contributed by atoms with E-state index in [1.807, 2.05) is 41.3 Å². The number of rotatable bonds is 9. The first kappa shape index (κ1) is 22.0. The van der Waals surface area contributed by atoms with E-state index < -0.39 is 5.92 Å². The minimum absolute atomic E-state index is 0.000449. The zero-order valence-electron chi connectivity index (χ0n) is 18.3. The average Bonchev–Trinajstić information content (AvgIpc) is 3.48. The van der Waals surface area contributed by atoms with Crippen molar-refractivity contribution in [2.75, 3.05) is 13.1 Å². The summed E-state index contributed by atoms with van der Waals surface area (Å²) in [5.74, 6) is 0.0374. The van der Waals surface area contributed by atoms with Crippen LogP contribution in [-0.2, 0) is 9.59 Å². The Kier molecular flexibility index (Phi) is 6.85. The summed E-state index contributed by atoms with van der Waals surface area (Å²) in [4.78, 5) is 30.8. The SMILES string of the molecule is CCCC[C@H](CN(O)C=O)C(=O)N1CCC[C@H]1c1nc2cc(-c3ccccc3)ccc2o1. The standard InChI is InChI=1S/C25H29N3O4/c1-2-3-8-20(16-27(31)17-29)25(30)28-14-7-11-22(28)24-26-21-15-19(12-13-23(21)32-24)18-9-5-4-6-10-18/h4-6,9-10,12-13,15,17,20,22,31H,2-3,7-8,11,14,16H2,1H3/t20-,22+/m1/s1. The van der Waals surface area contributed by atoms with Crippen LogP contribution >= 0.6 is 0 Å². The molecule has 0 saturated carbocycles. The fraction of sp³-hybridized carbons (Fsp3) is 0.400. The molecule has 7 heteroatoms. The molecule has 1 aliphatic heterocycles. The molecule has 1 aliphatic rings. The molecule has 1 fully saturated rings. The Hall–Kier alpha value is -3.19. The van der Waals surface area contributed by atoms with Gasteiger partial charge in [-0.3, -0.25) is 14.8 Å². The number of hydrogen-bond donors (Lipinski definition) is 1. The first-order chi connectivity index (χ1) is 15.6. The number of hydroxylamine groups is 2. The molecule has 0 bridgehead atoms. The summed E-state index contributed by atoms with van der Waals surface area (Å²) in [7, 11) is 0. The van der Waals surface area contributed by atoms with E-state index in [0.29, 0.717) is 35.9 Å². The van der Waals surface area contributed by atoms with Gasteiger partial charge in [0.25, 0.3) is 0 Å². The fourth-order valence-corrected chi connectivity index (χ4v) is 4.43. The lowest BCUT2D eigenvalue weighted by Gasteiger charge is -2.28. The van der Waals surface area contributed by atoms with Gasteiger partial charge in [0.05, 0.1) is 12.5 Å². The molecule has 2 atom stereocenters. The van der Waals surface area contributed by atoms with Crippen LogP contribution in [0, 0.1) is 5.92 Å². The molecule has 32 heavy (non-hydrogen) atoms. The number of carbonyl (C=O) groups is 2. The van der Waals surface area contributed by atoms with E-state index in [1.165, 1.54) is 0 Å². The van der Waals surface area contributed by atoms with Gasteiger partial charge in [-0.15, -0.1) is 0 Å². The normalized spacial score (nSPS) is 16.9. The van der Waals surface area contributed by atoms with E-state index >= 15 is 0 Å². The van der Waals surface area contributed by atoms with E-state index in [-0.39, 0.29) is 18.5 Å². The number of oxazole rings is 1. The number of fused-ring (bicyclic) bond motifs is 1. The molecular weight excluding hydrogens is 406 g/mol. The van der Waals surface area contributed by atoms with Crippen molar-refractivity contribution in [2.24, 2.45) is 5.92 Å². The Morgan fingerprint density at radius 1 is 1.28 bits per heavy atom.